The number of aromatic nitrogens is 1. The second-order valence-electron chi connectivity index (χ2n) is 9.16. The van der Waals surface area contributed by atoms with Crippen LogP contribution < -0.4 is 5.32 Å². The van der Waals surface area contributed by atoms with Gasteiger partial charge in [0.1, 0.15) is 0 Å². The number of nitrogens with zero attached hydrogens (tertiary/aromatic N) is 2. The highest BCUT2D eigenvalue weighted by Crippen LogP contribution is 2.45. The number of hydrogen-bond acceptors (Lipinski definition) is 3. The van der Waals surface area contributed by atoms with Gasteiger partial charge in [-0.15, -0.1) is 0 Å². The molecule has 0 saturated heterocycles. The molecule has 0 unspecified atom stereocenters. The Hall–Kier alpha value is -3.42. The number of aryl methyl sites for hydroxylation is 2. The number of ether oxygens (including phenoxy) is 1. The summed E-state index contributed by atoms with van der Waals surface area (Å²) in [5, 5.41) is 4.18. The number of nitrogens with one attached hydrogen (secondary N) is 1. The first kappa shape index (κ1) is 24.3. The fraction of sp³-hybridized carbons (Fsp3) is 0.241. The zero-order chi connectivity index (χ0) is 25.4. The van der Waals surface area contributed by atoms with Gasteiger partial charge in [-0.1, -0.05) is 52.3 Å². The summed E-state index contributed by atoms with van der Waals surface area (Å²) in [5.74, 6) is -0.852. The smallest absolute Gasteiger partial charge is 0.254 e. The molecule has 184 valence electrons. The number of methoxy groups -OCH3 is 1. The van der Waals surface area contributed by atoms with Crippen LogP contribution >= 0.6 is 15.9 Å². The molecule has 4 aromatic rings. The zero-order valence-electron chi connectivity index (χ0n) is 20.5. The van der Waals surface area contributed by atoms with Gasteiger partial charge >= 0.3 is 0 Å². The van der Waals surface area contributed by atoms with Crippen molar-refractivity contribution < 1.29 is 14.3 Å². The average molecular weight is 546 g/mol. The van der Waals surface area contributed by atoms with E-state index in [0.717, 1.165) is 37.8 Å². The lowest BCUT2D eigenvalue weighted by Crippen LogP contribution is -2.47. The van der Waals surface area contributed by atoms with Gasteiger partial charge in [0, 0.05) is 59.1 Å². The van der Waals surface area contributed by atoms with E-state index in [4.69, 9.17) is 4.74 Å². The van der Waals surface area contributed by atoms with Gasteiger partial charge in [0.15, 0.2) is 0 Å². The van der Waals surface area contributed by atoms with Crippen LogP contribution in [0.1, 0.15) is 39.0 Å². The number of carbonyl (C=O) groups is 2. The molecule has 2 heterocycles. The molecule has 0 bridgehead atoms. The largest absolute Gasteiger partial charge is 0.383 e. The second kappa shape index (κ2) is 9.91. The quantitative estimate of drug-likeness (QED) is 0.332. The average Bonchev–Trinajstić information content (AvgIpc) is 3.21. The Morgan fingerprint density at radius 1 is 1.06 bits per heavy atom. The summed E-state index contributed by atoms with van der Waals surface area (Å²) in [6.07, 6.45) is 2.04. The van der Waals surface area contributed by atoms with Crippen LogP contribution in [0.15, 0.2) is 77.4 Å². The van der Waals surface area contributed by atoms with Crippen molar-refractivity contribution in [2.75, 3.05) is 25.6 Å². The van der Waals surface area contributed by atoms with E-state index in [1.165, 1.54) is 0 Å². The van der Waals surface area contributed by atoms with Crippen LogP contribution in [0.4, 0.5) is 5.69 Å². The third-order valence-corrected chi connectivity index (χ3v) is 7.44. The van der Waals surface area contributed by atoms with Crippen molar-refractivity contribution in [1.29, 1.82) is 0 Å². The van der Waals surface area contributed by atoms with Gasteiger partial charge in [0.25, 0.3) is 5.91 Å². The van der Waals surface area contributed by atoms with Crippen molar-refractivity contribution in [2.24, 2.45) is 7.05 Å². The molecule has 36 heavy (non-hydrogen) atoms. The Bertz CT molecular complexity index is 1460. The topological polar surface area (TPSA) is 63.6 Å². The van der Waals surface area contributed by atoms with Crippen LogP contribution in [-0.4, -0.2) is 41.5 Å². The minimum atomic E-state index is -0.607. The standard InChI is InChI=1S/C29H28BrN3O3/c1-18-16-19(30)12-13-24(18)31-28(34)26-21-9-4-5-10-22(21)29(35)33(14-15-36-3)27(26)23-17-32(2)25-11-7-6-8-20(23)25/h4-13,16-17,26-27H,14-15H2,1-3H3,(H,31,34)/t26-,27-/m1/s1. The third kappa shape index (κ3) is 4.22. The summed E-state index contributed by atoms with van der Waals surface area (Å²) in [6, 6.07) is 20.8. The van der Waals surface area contributed by atoms with Crippen molar-refractivity contribution in [1.82, 2.24) is 9.47 Å². The molecule has 3 aromatic carbocycles. The van der Waals surface area contributed by atoms with Crippen molar-refractivity contribution in [2.45, 2.75) is 18.9 Å². The van der Waals surface area contributed by atoms with Gasteiger partial charge in [-0.25, -0.2) is 0 Å². The molecule has 1 N–H and O–H groups in total. The maximum Gasteiger partial charge on any atom is 0.254 e. The van der Waals surface area contributed by atoms with Crippen molar-refractivity contribution in [3.8, 4) is 0 Å². The van der Waals surface area contributed by atoms with Crippen LogP contribution in [0.5, 0.6) is 0 Å². The summed E-state index contributed by atoms with van der Waals surface area (Å²) >= 11 is 3.49. The van der Waals surface area contributed by atoms with Crippen LogP contribution in [0.2, 0.25) is 0 Å². The fourth-order valence-corrected chi connectivity index (χ4v) is 5.72. The van der Waals surface area contributed by atoms with Gasteiger partial charge in [-0.05, 0) is 48.4 Å². The molecule has 0 saturated carbocycles. The molecular weight excluding hydrogens is 518 g/mol. The number of benzene rings is 3. The fourth-order valence-electron chi connectivity index (χ4n) is 5.24. The summed E-state index contributed by atoms with van der Waals surface area (Å²) in [6.45, 7) is 2.71. The molecule has 6 nitrogen and oxygen atoms in total. The van der Waals surface area contributed by atoms with Gasteiger partial charge in [0.2, 0.25) is 5.91 Å². The Labute approximate surface area is 219 Å². The molecule has 0 fully saturated rings. The highest BCUT2D eigenvalue weighted by molar-refractivity contribution is 9.10. The molecule has 0 aliphatic carbocycles. The third-order valence-electron chi connectivity index (χ3n) is 6.95. The number of anilines is 1. The Morgan fingerprint density at radius 3 is 2.58 bits per heavy atom. The molecule has 7 heteroatoms. The minimum Gasteiger partial charge on any atom is -0.383 e. The number of amides is 2. The predicted molar refractivity (Wildman–Crippen MR) is 145 cm³/mol. The lowest BCUT2D eigenvalue weighted by molar-refractivity contribution is -0.119. The number of carbonyl (C=O) groups excluding carboxylic acids is 2. The van der Waals surface area contributed by atoms with Gasteiger partial charge in [-0.3, -0.25) is 9.59 Å². The Kier molecular flexibility index (Phi) is 6.69. The van der Waals surface area contributed by atoms with E-state index in [2.05, 4.69) is 37.9 Å². The monoisotopic (exact) mass is 545 g/mol. The molecule has 2 atom stereocenters. The molecule has 1 aliphatic heterocycles. The van der Waals surface area contributed by atoms with Crippen molar-refractivity contribution in [3.63, 3.8) is 0 Å². The number of rotatable bonds is 6. The van der Waals surface area contributed by atoms with E-state index >= 15 is 0 Å². The maximum atomic E-state index is 14.1. The Morgan fingerprint density at radius 2 is 1.81 bits per heavy atom. The first-order valence-corrected chi connectivity index (χ1v) is 12.7. The SMILES string of the molecule is COCCN1C(=O)c2ccccc2[C@@H](C(=O)Nc2ccc(Br)cc2C)[C@H]1c1cn(C)c2ccccc12. The van der Waals surface area contributed by atoms with Crippen LogP contribution in [0, 0.1) is 6.92 Å². The molecule has 5 rings (SSSR count). The predicted octanol–water partition coefficient (Wildman–Crippen LogP) is 5.82. The zero-order valence-corrected chi connectivity index (χ0v) is 22.1. The van der Waals surface area contributed by atoms with Crippen LogP contribution in [0.3, 0.4) is 0 Å². The van der Waals surface area contributed by atoms with E-state index in [9.17, 15) is 9.59 Å². The van der Waals surface area contributed by atoms with Gasteiger partial charge in [-0.2, -0.15) is 0 Å². The van der Waals surface area contributed by atoms with E-state index in [1.807, 2.05) is 74.8 Å². The molecule has 1 aromatic heterocycles. The van der Waals surface area contributed by atoms with Crippen molar-refractivity contribution in [3.05, 3.63) is 99.7 Å². The number of para-hydroxylation sites is 1. The first-order chi connectivity index (χ1) is 17.4. The molecule has 0 radical (unpaired) electrons. The number of halogens is 1. The lowest BCUT2D eigenvalue weighted by atomic mass is 9.79. The van der Waals surface area contributed by atoms with E-state index in [0.29, 0.717) is 18.7 Å². The van der Waals surface area contributed by atoms with Crippen LogP contribution in [0.25, 0.3) is 10.9 Å². The lowest BCUT2D eigenvalue weighted by Gasteiger charge is -2.41. The number of hydrogen-bond donors (Lipinski definition) is 1. The summed E-state index contributed by atoms with van der Waals surface area (Å²) < 4.78 is 8.38. The maximum absolute atomic E-state index is 14.1. The summed E-state index contributed by atoms with van der Waals surface area (Å²) in [7, 11) is 3.61. The Balaban J connectivity index is 1.69. The highest BCUT2D eigenvalue weighted by atomic mass is 79.9. The number of fused-ring (bicyclic) bond motifs is 2. The van der Waals surface area contributed by atoms with Gasteiger partial charge in [0.05, 0.1) is 18.6 Å². The first-order valence-electron chi connectivity index (χ1n) is 11.9. The van der Waals surface area contributed by atoms with E-state index in [-0.39, 0.29) is 11.8 Å². The summed E-state index contributed by atoms with van der Waals surface area (Å²) in [4.78, 5) is 29.7. The van der Waals surface area contributed by atoms with E-state index < -0.39 is 12.0 Å². The summed E-state index contributed by atoms with van der Waals surface area (Å²) in [5.41, 5.74) is 4.99. The molecule has 0 spiro atoms. The second-order valence-corrected chi connectivity index (χ2v) is 10.1. The molecular formula is C29H28BrN3O3. The van der Waals surface area contributed by atoms with Crippen LogP contribution in [-0.2, 0) is 16.6 Å². The normalized spacial score (nSPS) is 17.3. The molecule has 2 amide bonds. The van der Waals surface area contributed by atoms with Gasteiger partial charge < -0.3 is 19.5 Å². The molecule has 1 aliphatic rings. The van der Waals surface area contributed by atoms with Crippen molar-refractivity contribution >= 4 is 44.3 Å². The minimum absolute atomic E-state index is 0.0931. The van der Waals surface area contributed by atoms with E-state index in [1.54, 1.807) is 12.0 Å². The highest BCUT2D eigenvalue weighted by Gasteiger charge is 2.45.